The number of benzene rings is 2. The second-order valence-electron chi connectivity index (χ2n) is 3.73. The van der Waals surface area contributed by atoms with Crippen LogP contribution in [0.25, 0.3) is 0 Å². The van der Waals surface area contributed by atoms with Crippen molar-refractivity contribution in [1.29, 1.82) is 0 Å². The monoisotopic (exact) mass is 247 g/mol. The zero-order chi connectivity index (χ0) is 12.3. The molecule has 0 saturated heterocycles. The average Bonchev–Trinajstić information content (AvgIpc) is 2.29. The van der Waals surface area contributed by atoms with Gasteiger partial charge in [0.15, 0.2) is 0 Å². The number of rotatable bonds is 3. The minimum Gasteiger partial charge on any atom is -0.258 e. The maximum atomic E-state index is 10.6. The molecule has 0 radical (unpaired) electrons. The Bertz CT molecular complexity index is 555. The first-order valence-corrected chi connectivity index (χ1v) is 5.51. The van der Waals surface area contributed by atoms with Gasteiger partial charge in [-0.25, -0.2) is 0 Å². The average molecular weight is 248 g/mol. The molecule has 0 amide bonds. The Balaban J connectivity index is 2.24. The first kappa shape index (κ1) is 11.6. The van der Waals surface area contributed by atoms with Gasteiger partial charge in [0.1, 0.15) is 0 Å². The fraction of sp³-hybridized carbons (Fsp3) is 0.0769. The smallest absolute Gasteiger partial charge is 0.258 e. The fourth-order valence-electron chi connectivity index (χ4n) is 1.66. The van der Waals surface area contributed by atoms with Crippen molar-refractivity contribution < 1.29 is 4.92 Å². The van der Waals surface area contributed by atoms with Crippen LogP contribution in [0.1, 0.15) is 11.1 Å². The van der Waals surface area contributed by atoms with Crippen molar-refractivity contribution in [2.75, 3.05) is 0 Å². The SMILES string of the molecule is O=[N+]([O-])c1cccc(Cc2cccc(Cl)c2)c1. The highest BCUT2D eigenvalue weighted by Crippen LogP contribution is 2.18. The van der Waals surface area contributed by atoms with Crippen molar-refractivity contribution in [3.05, 3.63) is 74.8 Å². The summed E-state index contributed by atoms with van der Waals surface area (Å²) < 4.78 is 0. The molecule has 0 unspecified atom stereocenters. The number of nitrogens with zero attached hydrogens (tertiary/aromatic N) is 1. The van der Waals surface area contributed by atoms with Crippen LogP contribution in [-0.2, 0) is 6.42 Å². The molecule has 0 aliphatic rings. The Morgan fingerprint density at radius 3 is 2.35 bits per heavy atom. The summed E-state index contributed by atoms with van der Waals surface area (Å²) in [6.45, 7) is 0. The van der Waals surface area contributed by atoms with Crippen LogP contribution in [0, 0.1) is 10.1 Å². The zero-order valence-electron chi connectivity index (χ0n) is 8.97. The van der Waals surface area contributed by atoms with Crippen molar-refractivity contribution in [3.8, 4) is 0 Å². The number of hydrogen-bond acceptors (Lipinski definition) is 2. The fourth-order valence-corrected chi connectivity index (χ4v) is 1.88. The molecular formula is C13H10ClNO2. The summed E-state index contributed by atoms with van der Waals surface area (Å²) in [5.41, 5.74) is 2.06. The molecule has 0 heterocycles. The first-order valence-electron chi connectivity index (χ1n) is 5.13. The van der Waals surface area contributed by atoms with E-state index in [-0.39, 0.29) is 10.6 Å². The second kappa shape index (κ2) is 4.97. The maximum Gasteiger partial charge on any atom is 0.269 e. The van der Waals surface area contributed by atoms with E-state index in [1.165, 1.54) is 6.07 Å². The molecule has 0 aromatic heterocycles. The number of halogens is 1. The summed E-state index contributed by atoms with van der Waals surface area (Å²) in [5, 5.41) is 11.3. The predicted molar refractivity (Wildman–Crippen MR) is 67.4 cm³/mol. The van der Waals surface area contributed by atoms with Crippen molar-refractivity contribution in [2.45, 2.75) is 6.42 Å². The van der Waals surface area contributed by atoms with Gasteiger partial charge in [-0.05, 0) is 29.7 Å². The summed E-state index contributed by atoms with van der Waals surface area (Å²) in [7, 11) is 0. The van der Waals surface area contributed by atoms with Gasteiger partial charge >= 0.3 is 0 Å². The van der Waals surface area contributed by atoms with Gasteiger partial charge in [-0.1, -0.05) is 35.9 Å². The van der Waals surface area contributed by atoms with Crippen LogP contribution in [0.2, 0.25) is 5.02 Å². The van der Waals surface area contributed by atoms with Crippen LogP contribution in [0.3, 0.4) is 0 Å². The Hall–Kier alpha value is -1.87. The lowest BCUT2D eigenvalue weighted by atomic mass is 10.0. The van der Waals surface area contributed by atoms with Crippen molar-refractivity contribution in [3.63, 3.8) is 0 Å². The lowest BCUT2D eigenvalue weighted by Gasteiger charge is -2.02. The van der Waals surface area contributed by atoms with Gasteiger partial charge in [0, 0.05) is 17.2 Å². The summed E-state index contributed by atoms with van der Waals surface area (Å²) in [6, 6.07) is 14.1. The van der Waals surface area contributed by atoms with Crippen LogP contribution < -0.4 is 0 Å². The largest absolute Gasteiger partial charge is 0.269 e. The summed E-state index contributed by atoms with van der Waals surface area (Å²) in [4.78, 5) is 10.3. The molecular weight excluding hydrogens is 238 g/mol. The van der Waals surface area contributed by atoms with E-state index in [2.05, 4.69) is 0 Å². The van der Waals surface area contributed by atoms with Gasteiger partial charge in [-0.15, -0.1) is 0 Å². The Morgan fingerprint density at radius 2 is 1.71 bits per heavy atom. The maximum absolute atomic E-state index is 10.6. The van der Waals surface area contributed by atoms with Crippen LogP contribution >= 0.6 is 11.6 Å². The Kier molecular flexibility index (Phi) is 3.40. The topological polar surface area (TPSA) is 43.1 Å². The normalized spacial score (nSPS) is 10.2. The van der Waals surface area contributed by atoms with E-state index in [9.17, 15) is 10.1 Å². The van der Waals surface area contributed by atoms with E-state index >= 15 is 0 Å². The summed E-state index contributed by atoms with van der Waals surface area (Å²) >= 11 is 5.88. The van der Waals surface area contributed by atoms with Crippen LogP contribution in [-0.4, -0.2) is 4.92 Å². The highest BCUT2D eigenvalue weighted by Gasteiger charge is 2.06. The molecule has 0 fully saturated rings. The summed E-state index contributed by atoms with van der Waals surface area (Å²) in [6.07, 6.45) is 0.641. The second-order valence-corrected chi connectivity index (χ2v) is 4.17. The van der Waals surface area contributed by atoms with Crippen LogP contribution in [0.4, 0.5) is 5.69 Å². The molecule has 0 spiro atoms. The number of non-ortho nitro benzene ring substituents is 1. The van der Waals surface area contributed by atoms with Gasteiger partial charge in [-0.3, -0.25) is 10.1 Å². The van der Waals surface area contributed by atoms with Crippen LogP contribution in [0.15, 0.2) is 48.5 Å². The van der Waals surface area contributed by atoms with Crippen molar-refractivity contribution in [2.24, 2.45) is 0 Å². The summed E-state index contributed by atoms with van der Waals surface area (Å²) in [5.74, 6) is 0. The third kappa shape index (κ3) is 3.04. The zero-order valence-corrected chi connectivity index (χ0v) is 9.72. The number of nitro groups is 1. The third-order valence-corrected chi connectivity index (χ3v) is 2.65. The quantitative estimate of drug-likeness (QED) is 0.611. The van der Waals surface area contributed by atoms with Gasteiger partial charge in [0.25, 0.3) is 5.69 Å². The third-order valence-electron chi connectivity index (χ3n) is 2.42. The predicted octanol–water partition coefficient (Wildman–Crippen LogP) is 3.84. The molecule has 0 aliphatic carbocycles. The van der Waals surface area contributed by atoms with E-state index in [0.717, 1.165) is 11.1 Å². The molecule has 0 atom stereocenters. The van der Waals surface area contributed by atoms with E-state index in [0.29, 0.717) is 11.4 Å². The molecule has 86 valence electrons. The van der Waals surface area contributed by atoms with E-state index in [4.69, 9.17) is 11.6 Å². The molecule has 2 rings (SSSR count). The Morgan fingerprint density at radius 1 is 1.06 bits per heavy atom. The van der Waals surface area contributed by atoms with Crippen LogP contribution in [0.5, 0.6) is 0 Å². The lowest BCUT2D eigenvalue weighted by Crippen LogP contribution is -1.92. The molecule has 4 heteroatoms. The van der Waals surface area contributed by atoms with E-state index < -0.39 is 0 Å². The standard InChI is InChI=1S/C13H10ClNO2/c14-12-5-1-3-10(8-12)7-11-4-2-6-13(9-11)15(16)17/h1-6,8-9H,7H2. The van der Waals surface area contributed by atoms with E-state index in [1.54, 1.807) is 18.2 Å². The molecule has 2 aromatic carbocycles. The molecule has 0 bridgehead atoms. The van der Waals surface area contributed by atoms with Crippen molar-refractivity contribution in [1.82, 2.24) is 0 Å². The molecule has 17 heavy (non-hydrogen) atoms. The number of hydrogen-bond donors (Lipinski definition) is 0. The highest BCUT2D eigenvalue weighted by molar-refractivity contribution is 6.30. The lowest BCUT2D eigenvalue weighted by molar-refractivity contribution is -0.384. The molecule has 0 saturated carbocycles. The van der Waals surface area contributed by atoms with Gasteiger partial charge in [-0.2, -0.15) is 0 Å². The molecule has 0 aliphatic heterocycles. The molecule has 3 nitrogen and oxygen atoms in total. The van der Waals surface area contributed by atoms with Gasteiger partial charge in [0.05, 0.1) is 4.92 Å². The minimum atomic E-state index is -0.387. The van der Waals surface area contributed by atoms with Gasteiger partial charge in [0.2, 0.25) is 0 Å². The van der Waals surface area contributed by atoms with Crippen molar-refractivity contribution >= 4 is 17.3 Å². The minimum absolute atomic E-state index is 0.115. The van der Waals surface area contributed by atoms with Gasteiger partial charge < -0.3 is 0 Å². The first-order chi connectivity index (χ1) is 8.15. The Labute approximate surface area is 104 Å². The molecule has 0 N–H and O–H groups in total. The highest BCUT2D eigenvalue weighted by atomic mass is 35.5. The molecule has 2 aromatic rings. The number of nitro benzene ring substituents is 1. The van der Waals surface area contributed by atoms with E-state index in [1.807, 2.05) is 24.3 Å².